The zero-order valence-electron chi connectivity index (χ0n) is 16.4. The van der Waals surface area contributed by atoms with E-state index >= 15 is 0 Å². The number of ether oxygens (including phenoxy) is 1. The molecule has 0 radical (unpaired) electrons. The summed E-state index contributed by atoms with van der Waals surface area (Å²) in [5.74, 6) is 1.16. The van der Waals surface area contributed by atoms with E-state index in [4.69, 9.17) is 14.9 Å². The number of aliphatic hydroxyl groups excluding tert-OH is 2. The summed E-state index contributed by atoms with van der Waals surface area (Å²) in [6.07, 6.45) is 2.37. The zero-order chi connectivity index (χ0) is 20.9. The average Bonchev–Trinajstić information content (AvgIpc) is 2.72. The molecular formula is C19H28N6O4. The number of carbonyl (C=O) groups is 1. The van der Waals surface area contributed by atoms with Gasteiger partial charge >= 0.3 is 6.03 Å². The summed E-state index contributed by atoms with van der Waals surface area (Å²) >= 11 is 0. The second-order valence-electron chi connectivity index (χ2n) is 6.15. The van der Waals surface area contributed by atoms with Crippen molar-refractivity contribution in [3.8, 4) is 0 Å². The standard InChI is InChI=1S/C19H28N6O4/c1-14-13-22-18(25-17(14)20-7-2-9-26)23-15-3-5-16(6-4-15)24-19(28)21-8-11-29-12-10-27/h3-6,13,26-27H,2,7-12H2,1H3,(H2,21,24,28)(H2,20,22,23,25). The van der Waals surface area contributed by atoms with Crippen LogP contribution >= 0.6 is 0 Å². The van der Waals surface area contributed by atoms with E-state index < -0.39 is 0 Å². The maximum atomic E-state index is 11.8. The van der Waals surface area contributed by atoms with Gasteiger partial charge in [0.05, 0.1) is 19.8 Å². The van der Waals surface area contributed by atoms with Crippen molar-refractivity contribution in [2.45, 2.75) is 13.3 Å². The molecule has 29 heavy (non-hydrogen) atoms. The molecule has 2 rings (SSSR count). The molecule has 1 aromatic heterocycles. The highest BCUT2D eigenvalue weighted by molar-refractivity contribution is 5.89. The quantitative estimate of drug-likeness (QED) is 0.292. The third kappa shape index (κ3) is 8.30. The first-order valence-electron chi connectivity index (χ1n) is 9.41. The molecule has 2 amide bonds. The van der Waals surface area contributed by atoms with Crippen LogP contribution in [0.25, 0.3) is 0 Å². The maximum absolute atomic E-state index is 11.8. The number of hydrogen-bond acceptors (Lipinski definition) is 8. The van der Waals surface area contributed by atoms with Gasteiger partial charge in [0.15, 0.2) is 0 Å². The highest BCUT2D eigenvalue weighted by Crippen LogP contribution is 2.19. The smallest absolute Gasteiger partial charge is 0.319 e. The van der Waals surface area contributed by atoms with E-state index in [1.807, 2.05) is 19.1 Å². The third-order valence-electron chi connectivity index (χ3n) is 3.77. The van der Waals surface area contributed by atoms with Gasteiger partial charge in [-0.3, -0.25) is 0 Å². The van der Waals surface area contributed by atoms with Gasteiger partial charge < -0.3 is 36.2 Å². The Kier molecular flexibility index (Phi) is 9.63. The Morgan fingerprint density at radius 2 is 1.83 bits per heavy atom. The molecule has 0 saturated carbocycles. The summed E-state index contributed by atoms with van der Waals surface area (Å²) in [5.41, 5.74) is 2.33. The summed E-state index contributed by atoms with van der Waals surface area (Å²) in [7, 11) is 0. The molecular weight excluding hydrogens is 376 g/mol. The summed E-state index contributed by atoms with van der Waals surface area (Å²) in [5, 5.41) is 29.2. The molecule has 0 unspecified atom stereocenters. The SMILES string of the molecule is Cc1cnc(Nc2ccc(NC(=O)NCCOCCO)cc2)nc1NCCCO. The molecule has 0 spiro atoms. The fraction of sp³-hybridized carbons (Fsp3) is 0.421. The number of urea groups is 1. The number of aromatic nitrogens is 2. The van der Waals surface area contributed by atoms with E-state index in [1.165, 1.54) is 0 Å². The van der Waals surface area contributed by atoms with Crippen LogP contribution in [-0.2, 0) is 4.74 Å². The molecule has 0 saturated heterocycles. The first kappa shape index (κ1) is 22.3. The number of rotatable bonds is 12. The van der Waals surface area contributed by atoms with Gasteiger partial charge in [-0.1, -0.05) is 0 Å². The lowest BCUT2D eigenvalue weighted by Crippen LogP contribution is -2.31. The van der Waals surface area contributed by atoms with Crippen LogP contribution in [0.4, 0.5) is 27.9 Å². The summed E-state index contributed by atoms with van der Waals surface area (Å²) in [6, 6.07) is 6.81. The molecule has 10 heteroatoms. The Morgan fingerprint density at radius 1 is 1.07 bits per heavy atom. The van der Waals surface area contributed by atoms with Crippen molar-refractivity contribution in [2.75, 3.05) is 55.5 Å². The molecule has 158 valence electrons. The molecule has 1 aromatic carbocycles. The molecule has 1 heterocycles. The number of aryl methyl sites for hydroxylation is 1. The number of aliphatic hydroxyl groups is 2. The predicted octanol–water partition coefficient (Wildman–Crippen LogP) is 1.45. The monoisotopic (exact) mass is 404 g/mol. The number of nitrogens with zero attached hydrogens (tertiary/aromatic N) is 2. The Bertz CT molecular complexity index is 757. The van der Waals surface area contributed by atoms with Crippen LogP contribution in [0.3, 0.4) is 0 Å². The van der Waals surface area contributed by atoms with E-state index in [2.05, 4.69) is 31.2 Å². The van der Waals surface area contributed by atoms with Crippen LogP contribution < -0.4 is 21.3 Å². The van der Waals surface area contributed by atoms with Gasteiger partial charge in [0, 0.05) is 42.8 Å². The number of nitrogens with one attached hydrogen (secondary N) is 4. The predicted molar refractivity (Wildman–Crippen MR) is 112 cm³/mol. The Hall–Kier alpha value is -2.95. The van der Waals surface area contributed by atoms with Crippen molar-refractivity contribution in [2.24, 2.45) is 0 Å². The van der Waals surface area contributed by atoms with Crippen molar-refractivity contribution in [3.63, 3.8) is 0 Å². The second-order valence-corrected chi connectivity index (χ2v) is 6.15. The van der Waals surface area contributed by atoms with Gasteiger partial charge in [-0.25, -0.2) is 9.78 Å². The number of anilines is 4. The van der Waals surface area contributed by atoms with Crippen LogP contribution in [-0.4, -0.2) is 65.7 Å². The number of hydrogen-bond donors (Lipinski definition) is 6. The normalized spacial score (nSPS) is 10.4. The van der Waals surface area contributed by atoms with Gasteiger partial charge in [-0.2, -0.15) is 4.98 Å². The lowest BCUT2D eigenvalue weighted by Gasteiger charge is -2.11. The highest BCUT2D eigenvalue weighted by Gasteiger charge is 2.05. The Morgan fingerprint density at radius 3 is 2.55 bits per heavy atom. The van der Waals surface area contributed by atoms with Crippen molar-refractivity contribution in [3.05, 3.63) is 36.0 Å². The molecule has 0 aliphatic carbocycles. The lowest BCUT2D eigenvalue weighted by atomic mass is 10.3. The average molecular weight is 404 g/mol. The topological polar surface area (TPSA) is 141 Å². The third-order valence-corrected chi connectivity index (χ3v) is 3.77. The van der Waals surface area contributed by atoms with Gasteiger partial charge in [-0.15, -0.1) is 0 Å². The van der Waals surface area contributed by atoms with Crippen molar-refractivity contribution >= 4 is 29.2 Å². The van der Waals surface area contributed by atoms with Gasteiger partial charge in [0.2, 0.25) is 5.95 Å². The number of benzene rings is 1. The van der Waals surface area contributed by atoms with E-state index in [0.717, 1.165) is 11.3 Å². The Labute approximate surface area is 169 Å². The van der Waals surface area contributed by atoms with Crippen molar-refractivity contribution in [1.82, 2.24) is 15.3 Å². The molecule has 0 bridgehead atoms. The van der Waals surface area contributed by atoms with Crippen LogP contribution in [0.15, 0.2) is 30.5 Å². The second kappa shape index (κ2) is 12.5. The molecule has 6 N–H and O–H groups in total. The van der Waals surface area contributed by atoms with E-state index in [9.17, 15) is 4.79 Å². The van der Waals surface area contributed by atoms with Gasteiger partial charge in [0.25, 0.3) is 0 Å². The summed E-state index contributed by atoms with van der Waals surface area (Å²) < 4.78 is 5.07. The van der Waals surface area contributed by atoms with Crippen LogP contribution in [0.5, 0.6) is 0 Å². The van der Waals surface area contributed by atoms with Gasteiger partial charge in [-0.05, 0) is 37.6 Å². The van der Waals surface area contributed by atoms with Crippen LogP contribution in [0, 0.1) is 6.92 Å². The molecule has 10 nitrogen and oxygen atoms in total. The zero-order valence-corrected chi connectivity index (χ0v) is 16.4. The molecule has 0 aliphatic rings. The van der Waals surface area contributed by atoms with Crippen molar-refractivity contribution < 1.29 is 19.7 Å². The van der Waals surface area contributed by atoms with Gasteiger partial charge in [0.1, 0.15) is 5.82 Å². The molecule has 0 atom stereocenters. The minimum atomic E-state index is -0.334. The first-order chi connectivity index (χ1) is 14.1. The largest absolute Gasteiger partial charge is 0.396 e. The van der Waals surface area contributed by atoms with Crippen LogP contribution in [0.1, 0.15) is 12.0 Å². The first-order valence-corrected chi connectivity index (χ1v) is 9.41. The van der Waals surface area contributed by atoms with E-state index in [1.54, 1.807) is 18.3 Å². The minimum absolute atomic E-state index is 0.0399. The number of carbonyl (C=O) groups excluding carboxylic acids is 1. The molecule has 0 aliphatic heterocycles. The number of amides is 2. The summed E-state index contributed by atoms with van der Waals surface area (Å²) in [6.45, 7) is 3.57. The van der Waals surface area contributed by atoms with Crippen LogP contribution in [0.2, 0.25) is 0 Å². The highest BCUT2D eigenvalue weighted by atomic mass is 16.5. The lowest BCUT2D eigenvalue weighted by molar-refractivity contribution is 0.0950. The fourth-order valence-corrected chi connectivity index (χ4v) is 2.31. The molecule has 0 fully saturated rings. The van der Waals surface area contributed by atoms with E-state index in [0.29, 0.717) is 43.6 Å². The summed E-state index contributed by atoms with van der Waals surface area (Å²) in [4.78, 5) is 20.5. The molecule has 2 aromatic rings. The fourth-order valence-electron chi connectivity index (χ4n) is 2.31. The van der Waals surface area contributed by atoms with Crippen molar-refractivity contribution in [1.29, 1.82) is 0 Å². The maximum Gasteiger partial charge on any atom is 0.319 e. The van der Waals surface area contributed by atoms with E-state index in [-0.39, 0.29) is 25.9 Å². The minimum Gasteiger partial charge on any atom is -0.396 e. The Balaban J connectivity index is 1.84.